The fourth-order valence-corrected chi connectivity index (χ4v) is 5.15. The van der Waals surface area contributed by atoms with Gasteiger partial charge in [-0.25, -0.2) is 4.68 Å². The Morgan fingerprint density at radius 1 is 1.10 bits per heavy atom. The van der Waals surface area contributed by atoms with E-state index in [-0.39, 0.29) is 11.6 Å². The molecule has 3 heterocycles. The number of hydrogen-bond acceptors (Lipinski definition) is 5. The molecule has 8 nitrogen and oxygen atoms in total. The summed E-state index contributed by atoms with van der Waals surface area (Å²) in [6.45, 7) is 7.19. The minimum atomic E-state index is -0.212. The second-order valence-corrected chi connectivity index (χ2v) is 9.05. The third-order valence-electron chi connectivity index (χ3n) is 7.04. The molecule has 1 saturated carbocycles. The number of ether oxygens (including phenoxy) is 1. The molecule has 31 heavy (non-hydrogen) atoms. The Balaban J connectivity index is 1.64. The molecule has 8 heteroatoms. The van der Waals surface area contributed by atoms with Gasteiger partial charge in [-0.05, 0) is 71.8 Å². The Kier molecular flexibility index (Phi) is 5.58. The number of fused-ring (bicyclic) bond motifs is 1. The van der Waals surface area contributed by atoms with Gasteiger partial charge in [0.1, 0.15) is 13.1 Å². The molecule has 0 bridgehead atoms. The lowest BCUT2D eigenvalue weighted by Gasteiger charge is -2.32. The lowest BCUT2D eigenvalue weighted by Crippen LogP contribution is -3.14. The van der Waals surface area contributed by atoms with Crippen LogP contribution in [0.5, 0.6) is 0 Å². The van der Waals surface area contributed by atoms with Gasteiger partial charge < -0.3 is 14.6 Å². The molecule has 0 radical (unpaired) electrons. The first-order chi connectivity index (χ1) is 15.1. The van der Waals surface area contributed by atoms with Crippen LogP contribution in [0, 0.1) is 13.8 Å². The SMILES string of the molecule is Cc1cc2cc([C@@H](c3nnnn3C3CCCCC3)[NH+]3CCOCC3)c(=O)[nH]c2cc1C. The van der Waals surface area contributed by atoms with Crippen molar-refractivity contribution in [3.05, 3.63) is 51.1 Å². The van der Waals surface area contributed by atoms with Crippen LogP contribution in [0.3, 0.4) is 0 Å². The van der Waals surface area contributed by atoms with Crippen molar-refractivity contribution < 1.29 is 9.64 Å². The van der Waals surface area contributed by atoms with E-state index in [1.54, 1.807) is 0 Å². The normalized spacial score (nSPS) is 19.7. The molecular weight excluding hydrogens is 392 g/mol. The van der Waals surface area contributed by atoms with Gasteiger partial charge in [0.25, 0.3) is 5.56 Å². The lowest BCUT2D eigenvalue weighted by atomic mass is 9.95. The van der Waals surface area contributed by atoms with Gasteiger partial charge in [-0.3, -0.25) is 4.79 Å². The van der Waals surface area contributed by atoms with Gasteiger partial charge in [0.2, 0.25) is 5.82 Å². The summed E-state index contributed by atoms with van der Waals surface area (Å²) >= 11 is 0. The fraction of sp³-hybridized carbons (Fsp3) is 0.565. The number of aryl methyl sites for hydroxylation is 2. The molecular formula is C23H31N6O2+. The number of morpholine rings is 1. The van der Waals surface area contributed by atoms with E-state index >= 15 is 0 Å². The summed E-state index contributed by atoms with van der Waals surface area (Å²) < 4.78 is 7.62. The Morgan fingerprint density at radius 3 is 2.61 bits per heavy atom. The zero-order valence-electron chi connectivity index (χ0n) is 18.4. The highest BCUT2D eigenvalue weighted by Crippen LogP contribution is 2.30. The number of pyridine rings is 1. The first-order valence-corrected chi connectivity index (χ1v) is 11.5. The second-order valence-electron chi connectivity index (χ2n) is 9.05. The number of benzene rings is 1. The summed E-state index contributed by atoms with van der Waals surface area (Å²) in [6.07, 6.45) is 5.86. The zero-order chi connectivity index (χ0) is 21.4. The van der Waals surface area contributed by atoms with E-state index in [2.05, 4.69) is 46.5 Å². The minimum absolute atomic E-state index is 0.0575. The molecule has 0 spiro atoms. The number of hydrogen-bond donors (Lipinski definition) is 2. The van der Waals surface area contributed by atoms with Crippen LogP contribution in [0.4, 0.5) is 0 Å². The topological polar surface area (TPSA) is 90.1 Å². The van der Waals surface area contributed by atoms with Crippen molar-refractivity contribution in [2.45, 2.75) is 58.0 Å². The van der Waals surface area contributed by atoms with Crippen molar-refractivity contribution in [2.24, 2.45) is 0 Å². The van der Waals surface area contributed by atoms with E-state index in [9.17, 15) is 4.79 Å². The Labute approximate surface area is 181 Å². The van der Waals surface area contributed by atoms with Crippen LogP contribution >= 0.6 is 0 Å². The van der Waals surface area contributed by atoms with Crippen molar-refractivity contribution >= 4 is 10.9 Å². The van der Waals surface area contributed by atoms with E-state index in [1.807, 2.05) is 10.7 Å². The van der Waals surface area contributed by atoms with Crippen LogP contribution in [0.15, 0.2) is 23.0 Å². The average molecular weight is 424 g/mol. The maximum Gasteiger partial charge on any atom is 0.258 e. The largest absolute Gasteiger partial charge is 0.370 e. The highest BCUT2D eigenvalue weighted by atomic mass is 16.5. The molecule has 3 aromatic rings. The van der Waals surface area contributed by atoms with Gasteiger partial charge in [0.05, 0.1) is 24.8 Å². The van der Waals surface area contributed by atoms with E-state index < -0.39 is 0 Å². The van der Waals surface area contributed by atoms with Gasteiger partial charge in [-0.15, -0.1) is 5.10 Å². The molecule has 1 aromatic carbocycles. The monoisotopic (exact) mass is 423 g/mol. The van der Waals surface area contributed by atoms with Crippen LogP contribution in [0.1, 0.15) is 66.7 Å². The Bertz CT molecular complexity index is 1120. The molecule has 2 aromatic heterocycles. The zero-order valence-corrected chi connectivity index (χ0v) is 18.4. The third-order valence-corrected chi connectivity index (χ3v) is 7.04. The van der Waals surface area contributed by atoms with E-state index in [0.29, 0.717) is 19.3 Å². The summed E-state index contributed by atoms with van der Waals surface area (Å²) in [5.41, 5.74) is 3.94. The number of rotatable bonds is 4. The van der Waals surface area contributed by atoms with Gasteiger partial charge >= 0.3 is 0 Å². The highest BCUT2D eigenvalue weighted by molar-refractivity contribution is 5.80. The van der Waals surface area contributed by atoms with Gasteiger partial charge in [-0.1, -0.05) is 19.3 Å². The third kappa shape index (κ3) is 3.90. The van der Waals surface area contributed by atoms with Gasteiger partial charge in [0, 0.05) is 5.52 Å². The molecule has 5 rings (SSSR count). The molecule has 2 aliphatic rings. The van der Waals surface area contributed by atoms with Crippen LogP contribution in [-0.2, 0) is 4.74 Å². The summed E-state index contributed by atoms with van der Waals surface area (Å²) in [4.78, 5) is 17.7. The van der Waals surface area contributed by atoms with E-state index in [1.165, 1.54) is 35.3 Å². The molecule has 0 unspecified atom stereocenters. The fourth-order valence-electron chi connectivity index (χ4n) is 5.15. The van der Waals surface area contributed by atoms with Crippen LogP contribution in [-0.4, -0.2) is 51.5 Å². The predicted octanol–water partition coefficient (Wildman–Crippen LogP) is 1.64. The summed E-state index contributed by atoms with van der Waals surface area (Å²) in [5, 5.41) is 14.0. The molecule has 0 amide bonds. The summed E-state index contributed by atoms with van der Waals surface area (Å²) in [7, 11) is 0. The molecule has 164 valence electrons. The number of quaternary nitrogens is 1. The number of aromatic nitrogens is 5. The maximum absolute atomic E-state index is 13.3. The second kappa shape index (κ2) is 8.51. The Hall–Kier alpha value is -2.58. The lowest BCUT2D eigenvalue weighted by molar-refractivity contribution is -0.933. The van der Waals surface area contributed by atoms with Crippen molar-refractivity contribution in [1.82, 2.24) is 25.2 Å². The molecule has 1 atom stereocenters. The minimum Gasteiger partial charge on any atom is -0.370 e. The van der Waals surface area contributed by atoms with Crippen molar-refractivity contribution in [3.63, 3.8) is 0 Å². The smallest absolute Gasteiger partial charge is 0.258 e. The standard InChI is InChI=1S/C23H30N6O2/c1-15-12-17-14-19(23(30)24-20(17)13-16(15)2)21(28-8-10-31-11-9-28)22-25-26-27-29(22)18-6-4-3-5-7-18/h12-14,18,21H,3-11H2,1-2H3,(H,24,30)/p+1/t21-/m0/s1. The number of nitrogens with one attached hydrogen (secondary N) is 2. The van der Waals surface area contributed by atoms with Crippen molar-refractivity contribution in [2.75, 3.05) is 26.3 Å². The maximum atomic E-state index is 13.3. The molecule has 2 N–H and O–H groups in total. The van der Waals surface area contributed by atoms with Crippen LogP contribution < -0.4 is 10.5 Å². The summed E-state index contributed by atoms with van der Waals surface area (Å²) in [6, 6.07) is 6.35. The predicted molar refractivity (Wildman–Crippen MR) is 117 cm³/mol. The molecule has 1 aliphatic heterocycles. The number of tetrazole rings is 1. The quantitative estimate of drug-likeness (QED) is 0.666. The first kappa shape index (κ1) is 20.3. The first-order valence-electron chi connectivity index (χ1n) is 11.5. The van der Waals surface area contributed by atoms with Crippen molar-refractivity contribution in [3.8, 4) is 0 Å². The number of aromatic amines is 1. The van der Waals surface area contributed by atoms with Crippen molar-refractivity contribution in [1.29, 1.82) is 0 Å². The number of nitrogens with zero attached hydrogens (tertiary/aromatic N) is 4. The highest BCUT2D eigenvalue weighted by Gasteiger charge is 2.36. The van der Waals surface area contributed by atoms with Gasteiger partial charge in [0.15, 0.2) is 6.04 Å². The average Bonchev–Trinajstić information content (AvgIpc) is 3.26. The summed E-state index contributed by atoms with van der Waals surface area (Å²) in [5.74, 6) is 0.803. The van der Waals surface area contributed by atoms with E-state index in [0.717, 1.165) is 48.2 Å². The molecule has 2 fully saturated rings. The molecule has 1 saturated heterocycles. The van der Waals surface area contributed by atoms with Gasteiger partial charge in [-0.2, -0.15) is 0 Å². The Morgan fingerprint density at radius 2 is 1.84 bits per heavy atom. The van der Waals surface area contributed by atoms with E-state index in [4.69, 9.17) is 4.74 Å². The van der Waals surface area contributed by atoms with Crippen LogP contribution in [0.2, 0.25) is 0 Å². The van der Waals surface area contributed by atoms with Crippen LogP contribution in [0.25, 0.3) is 10.9 Å². The number of H-pyrrole nitrogens is 1. The molecule has 1 aliphatic carbocycles.